The lowest BCUT2D eigenvalue weighted by molar-refractivity contribution is -0.574. The Hall–Kier alpha value is -1.51. The highest BCUT2D eigenvalue weighted by molar-refractivity contribution is 6.42. The van der Waals surface area contributed by atoms with Crippen LogP contribution in [-0.4, -0.2) is 4.98 Å². The van der Waals surface area contributed by atoms with Crippen molar-refractivity contribution in [3.8, 4) is 5.69 Å². The molecule has 1 N–H and O–H groups in total. The van der Waals surface area contributed by atoms with Crippen molar-refractivity contribution in [3.63, 3.8) is 0 Å². The van der Waals surface area contributed by atoms with Crippen LogP contribution in [0, 0.1) is 6.92 Å². The van der Waals surface area contributed by atoms with E-state index < -0.39 is 0 Å². The smallest absolute Gasteiger partial charge is 0.241 e. The lowest BCUT2D eigenvalue weighted by Gasteiger charge is -1.99. The van der Waals surface area contributed by atoms with E-state index in [4.69, 9.17) is 23.2 Å². The summed E-state index contributed by atoms with van der Waals surface area (Å²) in [7, 11) is 0. The number of nitrogens with one attached hydrogen (secondary N) is 1. The van der Waals surface area contributed by atoms with Crippen molar-refractivity contribution < 1.29 is 4.57 Å². The van der Waals surface area contributed by atoms with Gasteiger partial charge in [-0.1, -0.05) is 41.4 Å². The number of halogens is 2. The molecule has 0 aliphatic rings. The largest absolute Gasteiger partial charge is 0.257 e. The fraction of sp³-hybridized carbons (Fsp3) is 0.0714. The quantitative estimate of drug-likeness (QED) is 0.648. The molecule has 1 aromatic heterocycles. The van der Waals surface area contributed by atoms with Crippen molar-refractivity contribution in [1.82, 2.24) is 4.98 Å². The van der Waals surface area contributed by atoms with Crippen LogP contribution in [0.25, 0.3) is 16.7 Å². The fourth-order valence-electron chi connectivity index (χ4n) is 2.16. The van der Waals surface area contributed by atoms with Gasteiger partial charge in [0.1, 0.15) is 5.69 Å². The average Bonchev–Trinajstić information content (AvgIpc) is 2.66. The van der Waals surface area contributed by atoms with E-state index in [1.165, 1.54) is 0 Å². The van der Waals surface area contributed by atoms with Gasteiger partial charge in [0.2, 0.25) is 0 Å². The third-order valence-electron chi connectivity index (χ3n) is 2.94. The molecule has 0 radical (unpaired) electrons. The molecule has 2 nitrogen and oxygen atoms in total. The van der Waals surface area contributed by atoms with Gasteiger partial charge in [0.25, 0.3) is 5.82 Å². The first-order chi connectivity index (χ1) is 8.66. The number of para-hydroxylation sites is 1. The SMILES string of the molecule is Cc1[nH]c2cc(Cl)c(Cl)cc2[n+]1-c1ccccc1. The normalized spacial score (nSPS) is 11.1. The van der Waals surface area contributed by atoms with Gasteiger partial charge in [-0.05, 0) is 12.1 Å². The number of H-pyrrole nitrogens is 1. The Labute approximate surface area is 115 Å². The fourth-order valence-corrected chi connectivity index (χ4v) is 2.48. The number of aryl methyl sites for hydroxylation is 1. The third-order valence-corrected chi connectivity index (χ3v) is 3.67. The van der Waals surface area contributed by atoms with Crippen LogP contribution in [0.1, 0.15) is 5.82 Å². The van der Waals surface area contributed by atoms with Crippen LogP contribution in [0.4, 0.5) is 0 Å². The first kappa shape index (κ1) is 11.6. The first-order valence-corrected chi connectivity index (χ1v) is 6.37. The van der Waals surface area contributed by atoms with Crippen LogP contribution < -0.4 is 4.57 Å². The van der Waals surface area contributed by atoms with Gasteiger partial charge < -0.3 is 0 Å². The molecule has 0 fully saturated rings. The monoisotopic (exact) mass is 277 g/mol. The number of aromatic nitrogens is 2. The van der Waals surface area contributed by atoms with Crippen molar-refractivity contribution in [2.45, 2.75) is 6.92 Å². The minimum atomic E-state index is 0.561. The summed E-state index contributed by atoms with van der Waals surface area (Å²) < 4.78 is 2.12. The summed E-state index contributed by atoms with van der Waals surface area (Å²) in [5, 5.41) is 1.12. The molecular weight excluding hydrogens is 267 g/mol. The molecule has 2 aromatic carbocycles. The summed E-state index contributed by atoms with van der Waals surface area (Å²) in [5.74, 6) is 1.04. The van der Waals surface area contributed by atoms with Crippen LogP contribution >= 0.6 is 23.2 Å². The van der Waals surface area contributed by atoms with Crippen molar-refractivity contribution in [2.24, 2.45) is 0 Å². The molecule has 1 heterocycles. The zero-order valence-electron chi connectivity index (χ0n) is 9.74. The molecule has 0 unspecified atom stereocenters. The topological polar surface area (TPSA) is 19.7 Å². The van der Waals surface area contributed by atoms with Gasteiger partial charge in [-0.2, -0.15) is 4.57 Å². The second-order valence-electron chi connectivity index (χ2n) is 4.16. The number of imidazole rings is 1. The van der Waals surface area contributed by atoms with E-state index in [1.54, 1.807) is 0 Å². The molecule has 0 aliphatic heterocycles. The molecule has 90 valence electrons. The van der Waals surface area contributed by atoms with Gasteiger partial charge in [-0.15, -0.1) is 0 Å². The van der Waals surface area contributed by atoms with Gasteiger partial charge in [0.15, 0.2) is 11.0 Å². The highest BCUT2D eigenvalue weighted by Crippen LogP contribution is 2.26. The highest BCUT2D eigenvalue weighted by atomic mass is 35.5. The Morgan fingerprint density at radius 3 is 2.39 bits per heavy atom. The van der Waals surface area contributed by atoms with E-state index in [2.05, 4.69) is 21.7 Å². The standard InChI is InChI=1S/C14H10Cl2N2/c1-9-17-13-7-11(15)12(16)8-14(13)18(9)10-5-3-2-4-6-10/h2-8H,1H3/p+1. The number of nitrogens with zero attached hydrogens (tertiary/aromatic N) is 1. The van der Waals surface area contributed by atoms with E-state index in [1.807, 2.05) is 37.3 Å². The maximum atomic E-state index is 6.10. The van der Waals surface area contributed by atoms with Crippen LogP contribution in [-0.2, 0) is 0 Å². The van der Waals surface area contributed by atoms with E-state index in [9.17, 15) is 0 Å². The second-order valence-corrected chi connectivity index (χ2v) is 4.98. The second kappa shape index (κ2) is 4.30. The van der Waals surface area contributed by atoms with Crippen molar-refractivity contribution in [3.05, 3.63) is 58.3 Å². The molecule has 3 aromatic rings. The number of benzene rings is 2. The first-order valence-electron chi connectivity index (χ1n) is 5.61. The van der Waals surface area contributed by atoms with Crippen molar-refractivity contribution >= 4 is 34.2 Å². The Morgan fingerprint density at radius 2 is 1.67 bits per heavy atom. The molecule has 0 amide bonds. The van der Waals surface area contributed by atoms with E-state index in [0.29, 0.717) is 10.0 Å². The Kier molecular flexibility index (Phi) is 2.77. The minimum absolute atomic E-state index is 0.561. The predicted molar refractivity (Wildman–Crippen MR) is 74.6 cm³/mol. The Bertz CT molecular complexity index is 717. The molecule has 0 saturated carbocycles. The predicted octanol–water partition coefficient (Wildman–Crippen LogP) is 4.06. The minimum Gasteiger partial charge on any atom is -0.241 e. The van der Waals surface area contributed by atoms with Crippen LogP contribution in [0.2, 0.25) is 10.0 Å². The lowest BCUT2D eigenvalue weighted by Crippen LogP contribution is -2.32. The number of hydrogen-bond donors (Lipinski definition) is 1. The summed E-state index contributed by atoms with van der Waals surface area (Å²) in [6, 6.07) is 13.9. The summed E-state index contributed by atoms with van der Waals surface area (Å²) in [5.41, 5.74) is 3.10. The maximum Gasteiger partial charge on any atom is 0.257 e. The molecule has 0 bridgehead atoms. The molecule has 0 atom stereocenters. The summed E-state index contributed by atoms with van der Waals surface area (Å²) >= 11 is 12.1. The molecule has 18 heavy (non-hydrogen) atoms. The molecule has 0 spiro atoms. The van der Waals surface area contributed by atoms with Gasteiger partial charge in [-0.3, -0.25) is 0 Å². The van der Waals surface area contributed by atoms with Gasteiger partial charge in [-0.25, -0.2) is 4.98 Å². The van der Waals surface area contributed by atoms with Gasteiger partial charge in [0, 0.05) is 19.1 Å². The third kappa shape index (κ3) is 1.78. The van der Waals surface area contributed by atoms with Gasteiger partial charge in [0.05, 0.1) is 10.0 Å². The van der Waals surface area contributed by atoms with E-state index in [0.717, 1.165) is 22.5 Å². The number of fused-ring (bicyclic) bond motifs is 1. The Morgan fingerprint density at radius 1 is 1.00 bits per heavy atom. The molecule has 3 rings (SSSR count). The van der Waals surface area contributed by atoms with Crippen molar-refractivity contribution in [1.29, 1.82) is 0 Å². The molecule has 4 heteroatoms. The summed E-state index contributed by atoms with van der Waals surface area (Å²) in [4.78, 5) is 3.31. The number of aromatic amines is 1. The maximum absolute atomic E-state index is 6.10. The number of rotatable bonds is 1. The highest BCUT2D eigenvalue weighted by Gasteiger charge is 2.18. The van der Waals surface area contributed by atoms with E-state index in [-0.39, 0.29) is 0 Å². The Balaban J connectivity index is 2.36. The van der Waals surface area contributed by atoms with Gasteiger partial charge >= 0.3 is 0 Å². The molecule has 0 saturated heterocycles. The average molecular weight is 278 g/mol. The van der Waals surface area contributed by atoms with E-state index >= 15 is 0 Å². The zero-order valence-corrected chi connectivity index (χ0v) is 11.3. The lowest BCUT2D eigenvalue weighted by atomic mass is 10.3. The zero-order chi connectivity index (χ0) is 12.7. The summed E-state index contributed by atoms with van der Waals surface area (Å²) in [6.45, 7) is 2.02. The van der Waals surface area contributed by atoms with Crippen LogP contribution in [0.5, 0.6) is 0 Å². The summed E-state index contributed by atoms with van der Waals surface area (Å²) in [6.07, 6.45) is 0. The molecule has 0 aliphatic carbocycles. The van der Waals surface area contributed by atoms with Crippen LogP contribution in [0.3, 0.4) is 0 Å². The molecular formula is C14H11Cl2N2+. The van der Waals surface area contributed by atoms with Crippen LogP contribution in [0.15, 0.2) is 42.5 Å². The van der Waals surface area contributed by atoms with Crippen molar-refractivity contribution in [2.75, 3.05) is 0 Å². The number of hydrogen-bond acceptors (Lipinski definition) is 0.